The number of rotatable bonds is 2. The lowest BCUT2D eigenvalue weighted by Crippen LogP contribution is -2.63. The summed E-state index contributed by atoms with van der Waals surface area (Å²) in [6.07, 6.45) is 0. The van der Waals surface area contributed by atoms with E-state index in [1.807, 2.05) is 30.3 Å². The number of fused-ring (bicyclic) bond motifs is 2. The maximum atomic E-state index is 10.7. The molecule has 19 heavy (non-hydrogen) atoms. The molecular weight excluding hydrogens is 308 g/mol. The number of hydrogen-bond donors (Lipinski definition) is 0. The van der Waals surface area contributed by atoms with E-state index in [4.69, 9.17) is 0 Å². The number of hydrogen-bond acceptors (Lipinski definition) is 6. The number of benzene rings is 2. The van der Waals surface area contributed by atoms with Crippen LogP contribution in [0, 0.1) is 10.2 Å². The highest BCUT2D eigenvalue weighted by Gasteiger charge is 2.28. The van der Waals surface area contributed by atoms with Crippen LogP contribution >= 0.6 is 23.5 Å². The van der Waals surface area contributed by atoms with E-state index in [0.717, 1.165) is 14.7 Å². The summed E-state index contributed by atoms with van der Waals surface area (Å²) in [4.78, 5) is 3.63. The lowest BCUT2D eigenvalue weighted by molar-refractivity contribution is -1.91. The Hall–Kier alpha value is -0.890. The van der Waals surface area contributed by atoms with E-state index < -0.39 is 10.2 Å². The summed E-state index contributed by atoms with van der Waals surface area (Å²) in [7, 11) is -4.48. The van der Waals surface area contributed by atoms with Crippen LogP contribution < -0.4 is 18.3 Å². The fourth-order valence-electron chi connectivity index (χ4n) is 1.69. The molecule has 0 saturated heterocycles. The van der Waals surface area contributed by atoms with Gasteiger partial charge in [-0.15, -0.1) is 0 Å². The third-order valence-electron chi connectivity index (χ3n) is 2.40. The topological polar surface area (TPSA) is 78.4 Å². The molecule has 1 heterocycles. The molecule has 1 aliphatic rings. The smallest absolute Gasteiger partial charge is 0.167 e. The van der Waals surface area contributed by atoms with Crippen LogP contribution in [0.15, 0.2) is 62.0 Å². The highest BCUT2D eigenvalue weighted by Crippen LogP contribution is 2.51. The van der Waals surface area contributed by atoms with E-state index in [-0.39, 0.29) is 5.75 Å². The second kappa shape index (κ2) is 4.90. The summed E-state index contributed by atoms with van der Waals surface area (Å²) in [5, 5.41) is 0. The van der Waals surface area contributed by atoms with Gasteiger partial charge in [0.1, 0.15) is 10.2 Å². The van der Waals surface area contributed by atoms with Crippen LogP contribution in [0.25, 0.3) is 0 Å². The van der Waals surface area contributed by atoms with Crippen molar-refractivity contribution in [2.24, 2.45) is 0 Å². The first-order chi connectivity index (χ1) is 9.03. The van der Waals surface area contributed by atoms with E-state index in [0.29, 0.717) is 4.90 Å². The maximum absolute atomic E-state index is 10.7. The van der Waals surface area contributed by atoms with E-state index in [9.17, 15) is 14.0 Å². The van der Waals surface area contributed by atoms with Crippen LogP contribution in [0.3, 0.4) is 0 Å². The molecule has 0 aliphatic carbocycles. The monoisotopic (exact) mass is 314 g/mol. The maximum Gasteiger partial charge on any atom is 0.303 e. The van der Waals surface area contributed by atoms with Gasteiger partial charge >= 0.3 is 5.75 Å². The summed E-state index contributed by atoms with van der Waals surface area (Å²) in [6, 6.07) is 12.8. The largest absolute Gasteiger partial charge is 0.303 e. The van der Waals surface area contributed by atoms with Crippen LogP contribution in [0.2, 0.25) is 0 Å². The van der Waals surface area contributed by atoms with Gasteiger partial charge in [-0.05, 0) is 24.3 Å². The fraction of sp³-hybridized carbons (Fsp3) is 0. The molecule has 0 amide bonds. The van der Waals surface area contributed by atoms with Crippen LogP contribution in [-0.2, 0) is 0 Å². The van der Waals surface area contributed by atoms with Gasteiger partial charge < -0.3 is 0 Å². The van der Waals surface area contributed by atoms with Crippen LogP contribution in [0.4, 0.5) is 0 Å². The average molecular weight is 315 g/mol. The van der Waals surface area contributed by atoms with Crippen molar-refractivity contribution >= 4 is 23.5 Å². The van der Waals surface area contributed by atoms with E-state index in [1.54, 1.807) is 6.07 Å². The molecule has 2 aromatic rings. The van der Waals surface area contributed by atoms with Gasteiger partial charge in [0.05, 0.1) is 4.90 Å². The van der Waals surface area contributed by atoms with Gasteiger partial charge in [0.25, 0.3) is 0 Å². The van der Waals surface area contributed by atoms with Crippen LogP contribution in [0.5, 0.6) is 5.75 Å². The lowest BCUT2D eigenvalue weighted by atomic mass is 10.3. The van der Waals surface area contributed by atoms with Crippen molar-refractivity contribution in [3.63, 3.8) is 0 Å². The van der Waals surface area contributed by atoms with E-state index >= 15 is 0 Å². The minimum atomic E-state index is -4.48. The zero-order chi connectivity index (χ0) is 13.5. The molecule has 0 fully saturated rings. The molecule has 4 nitrogen and oxygen atoms in total. The molecule has 0 saturated carbocycles. The second-order valence-electron chi connectivity index (χ2n) is 3.69. The van der Waals surface area contributed by atoms with Gasteiger partial charge in [-0.1, -0.05) is 46.0 Å². The fourth-order valence-corrected chi connectivity index (χ4v) is 4.37. The molecule has 0 aromatic heterocycles. The summed E-state index contributed by atoms with van der Waals surface area (Å²) >= 11 is 2.92. The van der Waals surface area contributed by atoms with Crippen molar-refractivity contribution in [2.45, 2.75) is 19.6 Å². The third kappa shape index (κ3) is 2.84. The predicted molar refractivity (Wildman–Crippen MR) is 61.8 cm³/mol. The van der Waals surface area contributed by atoms with Crippen molar-refractivity contribution in [2.75, 3.05) is 0 Å². The summed E-state index contributed by atoms with van der Waals surface area (Å²) in [5.74, 6) is 0.0705. The zero-order valence-electron chi connectivity index (χ0n) is 9.37. The minimum absolute atomic E-state index is 0.0705. The molecule has 0 atom stereocenters. The highest BCUT2D eigenvalue weighted by atomic mass is 35.7. The Morgan fingerprint density at radius 1 is 0.789 bits per heavy atom. The van der Waals surface area contributed by atoms with Gasteiger partial charge in [-0.25, -0.2) is 0 Å². The highest BCUT2D eigenvalue weighted by molar-refractivity contribution is 8.05. The Labute approximate surface area is 120 Å². The third-order valence-corrected chi connectivity index (χ3v) is 5.35. The molecule has 3 rings (SSSR count). The van der Waals surface area contributed by atoms with Crippen molar-refractivity contribution in [1.82, 2.24) is 0 Å². The Balaban J connectivity index is 2.01. The molecule has 0 radical (unpaired) electrons. The van der Waals surface area contributed by atoms with Gasteiger partial charge in [-0.3, -0.25) is 0 Å². The van der Waals surface area contributed by atoms with E-state index in [1.165, 1.54) is 29.6 Å². The first-order valence-corrected chi connectivity index (χ1v) is 8.08. The normalized spacial score (nSPS) is 13.6. The Kier molecular flexibility index (Phi) is 3.38. The van der Waals surface area contributed by atoms with Gasteiger partial charge in [0.15, 0.2) is 0 Å². The Bertz CT molecular complexity index is 627. The Morgan fingerprint density at radius 2 is 1.42 bits per heavy atom. The lowest BCUT2D eigenvalue weighted by Gasteiger charge is -2.20. The summed E-state index contributed by atoms with van der Waals surface area (Å²) in [5.41, 5.74) is 0. The molecule has 0 unspecified atom stereocenters. The molecule has 7 heteroatoms. The first kappa shape index (κ1) is 13.1. The predicted octanol–water partition coefficient (Wildman–Crippen LogP) is 0.578. The van der Waals surface area contributed by atoms with E-state index in [2.05, 4.69) is 4.29 Å². The molecule has 0 N–H and O–H groups in total. The molecule has 1 aliphatic heterocycles. The summed E-state index contributed by atoms with van der Waals surface area (Å²) in [6.45, 7) is 0. The summed E-state index contributed by atoms with van der Waals surface area (Å²) < 4.78 is 36.6. The SMILES string of the molecule is [O-][Cl+3]([O-])([O-])Oc1cccc2c1Sc1ccccc1S2. The minimum Gasteiger partial charge on any atom is -0.167 e. The molecule has 0 spiro atoms. The van der Waals surface area contributed by atoms with Crippen molar-refractivity contribution in [3.05, 3.63) is 42.5 Å². The molecule has 98 valence electrons. The van der Waals surface area contributed by atoms with Crippen LogP contribution in [0.1, 0.15) is 0 Å². The van der Waals surface area contributed by atoms with Crippen molar-refractivity contribution in [1.29, 1.82) is 0 Å². The molecule has 2 aromatic carbocycles. The first-order valence-electron chi connectivity index (χ1n) is 5.21. The van der Waals surface area contributed by atoms with Crippen molar-refractivity contribution < 1.29 is 28.5 Å². The Morgan fingerprint density at radius 3 is 2.11 bits per heavy atom. The standard InChI is InChI=1S/C12H7ClO4S2/c14-13(15,16)17-8-4-3-7-11-12(8)19-10-6-2-1-5-9(10)18-11/h1-7H. The van der Waals surface area contributed by atoms with Gasteiger partial charge in [-0.2, -0.15) is 14.0 Å². The van der Waals surface area contributed by atoms with Crippen molar-refractivity contribution in [3.8, 4) is 5.75 Å². The quantitative estimate of drug-likeness (QED) is 0.688. The molecule has 0 bridgehead atoms. The zero-order valence-corrected chi connectivity index (χ0v) is 11.8. The molecular formula is C12H7ClO4S2. The van der Waals surface area contributed by atoms with Crippen LogP contribution in [-0.4, -0.2) is 0 Å². The van der Waals surface area contributed by atoms with Gasteiger partial charge in [0, 0.05) is 14.7 Å². The number of halogens is 1. The van der Waals surface area contributed by atoms with Gasteiger partial charge in [0.2, 0.25) is 0 Å². The average Bonchev–Trinajstić information content (AvgIpc) is 2.35. The second-order valence-corrected chi connectivity index (χ2v) is 6.74.